The molecule has 0 saturated carbocycles. The number of halogens is 2. The van der Waals surface area contributed by atoms with E-state index >= 15 is 0 Å². The average molecular weight is 401 g/mol. The van der Waals surface area contributed by atoms with E-state index in [2.05, 4.69) is 27.6 Å². The summed E-state index contributed by atoms with van der Waals surface area (Å²) in [5.74, 6) is 1.40. The molecule has 0 spiro atoms. The summed E-state index contributed by atoms with van der Waals surface area (Å²) in [5, 5.41) is 7.63. The number of nitrogens with zero attached hydrogens (tertiary/aromatic N) is 3. The van der Waals surface area contributed by atoms with E-state index in [0.717, 1.165) is 32.9 Å². The van der Waals surface area contributed by atoms with Crippen LogP contribution in [0, 0.1) is 6.92 Å². The van der Waals surface area contributed by atoms with E-state index in [1.165, 1.54) is 0 Å². The van der Waals surface area contributed by atoms with Crippen LogP contribution < -0.4 is 5.32 Å². The number of anilines is 1. The lowest BCUT2D eigenvalue weighted by Gasteiger charge is -2.10. The van der Waals surface area contributed by atoms with Crippen molar-refractivity contribution in [2.24, 2.45) is 0 Å². The monoisotopic (exact) mass is 400 g/mol. The zero-order valence-corrected chi connectivity index (χ0v) is 16.2. The Labute approximate surface area is 164 Å². The van der Waals surface area contributed by atoms with Crippen molar-refractivity contribution in [2.45, 2.75) is 13.5 Å². The summed E-state index contributed by atoms with van der Waals surface area (Å²) < 4.78 is 0. The highest BCUT2D eigenvalue weighted by Gasteiger charge is 2.14. The normalized spacial score (nSPS) is 11.0. The third-order valence-electron chi connectivity index (χ3n) is 3.96. The Hall–Kier alpha value is -2.21. The average Bonchev–Trinajstić information content (AvgIpc) is 3.04. The predicted molar refractivity (Wildman–Crippen MR) is 109 cm³/mol. The summed E-state index contributed by atoms with van der Waals surface area (Å²) in [6, 6.07) is 11.3. The maximum absolute atomic E-state index is 6.11. The Morgan fingerprint density at radius 3 is 2.73 bits per heavy atom. The van der Waals surface area contributed by atoms with Crippen molar-refractivity contribution in [3.05, 3.63) is 69.1 Å². The van der Waals surface area contributed by atoms with Gasteiger partial charge in [0.2, 0.25) is 0 Å². The molecule has 0 radical (unpaired) electrons. The van der Waals surface area contributed by atoms with Crippen molar-refractivity contribution >= 4 is 50.6 Å². The quantitative estimate of drug-likeness (QED) is 0.457. The van der Waals surface area contributed by atoms with Crippen LogP contribution >= 0.6 is 34.5 Å². The molecule has 0 saturated heterocycles. The number of fused-ring (bicyclic) bond motifs is 1. The lowest BCUT2D eigenvalue weighted by Crippen LogP contribution is -2.04. The molecule has 0 amide bonds. The number of hydrogen-bond acceptors (Lipinski definition) is 5. The van der Waals surface area contributed by atoms with Crippen molar-refractivity contribution in [1.29, 1.82) is 0 Å². The maximum Gasteiger partial charge on any atom is 0.181 e. The summed E-state index contributed by atoms with van der Waals surface area (Å²) in [7, 11) is 0. The molecule has 1 aromatic carbocycles. The molecule has 3 aromatic heterocycles. The van der Waals surface area contributed by atoms with Crippen molar-refractivity contribution in [3.8, 4) is 11.5 Å². The maximum atomic E-state index is 6.11. The van der Waals surface area contributed by atoms with E-state index in [1.807, 2.05) is 30.3 Å². The zero-order chi connectivity index (χ0) is 18.1. The fourth-order valence-corrected chi connectivity index (χ4v) is 3.90. The topological polar surface area (TPSA) is 50.7 Å². The van der Waals surface area contributed by atoms with Gasteiger partial charge < -0.3 is 5.32 Å². The molecule has 130 valence electrons. The Balaban J connectivity index is 1.72. The van der Waals surface area contributed by atoms with Crippen LogP contribution in [0.15, 0.2) is 48.0 Å². The molecule has 0 aliphatic rings. The highest BCUT2D eigenvalue weighted by atomic mass is 35.5. The molecule has 0 fully saturated rings. The van der Waals surface area contributed by atoms with Gasteiger partial charge in [0, 0.05) is 12.7 Å². The Morgan fingerprint density at radius 2 is 1.96 bits per heavy atom. The molecule has 4 nitrogen and oxygen atoms in total. The molecule has 0 unspecified atom stereocenters. The van der Waals surface area contributed by atoms with Crippen molar-refractivity contribution in [3.63, 3.8) is 0 Å². The summed E-state index contributed by atoms with van der Waals surface area (Å²) in [4.78, 5) is 14.7. The van der Waals surface area contributed by atoms with Gasteiger partial charge in [0.15, 0.2) is 5.82 Å². The third-order valence-corrected chi connectivity index (χ3v) is 5.68. The Bertz CT molecular complexity index is 1080. The van der Waals surface area contributed by atoms with Crippen LogP contribution in [0.1, 0.15) is 11.1 Å². The standard InChI is InChI=1S/C19H14Cl2N4S/c1-11-10-26-19-16(11)18(23-9-12-5-6-13(20)14(21)8-12)24-17(25-19)15-4-2-3-7-22-15/h2-8,10H,9H2,1H3,(H,23,24,25). The molecule has 0 bridgehead atoms. The van der Waals surface area contributed by atoms with E-state index < -0.39 is 0 Å². The fraction of sp³-hybridized carbons (Fsp3) is 0.105. The number of aryl methyl sites for hydroxylation is 1. The number of hydrogen-bond donors (Lipinski definition) is 1. The first-order valence-electron chi connectivity index (χ1n) is 7.97. The molecular formula is C19H14Cl2N4S. The number of benzene rings is 1. The molecule has 1 N–H and O–H groups in total. The zero-order valence-electron chi connectivity index (χ0n) is 13.8. The number of thiophene rings is 1. The van der Waals surface area contributed by atoms with Crippen LogP contribution in [-0.4, -0.2) is 15.0 Å². The van der Waals surface area contributed by atoms with Gasteiger partial charge in [-0.15, -0.1) is 11.3 Å². The lowest BCUT2D eigenvalue weighted by atomic mass is 10.2. The van der Waals surface area contributed by atoms with Crippen molar-refractivity contribution < 1.29 is 0 Å². The van der Waals surface area contributed by atoms with Gasteiger partial charge in [-0.1, -0.05) is 35.3 Å². The van der Waals surface area contributed by atoms with Crippen molar-refractivity contribution in [1.82, 2.24) is 15.0 Å². The van der Waals surface area contributed by atoms with Gasteiger partial charge in [0.1, 0.15) is 16.3 Å². The SMILES string of the molecule is Cc1csc2nc(-c3ccccn3)nc(NCc3ccc(Cl)c(Cl)c3)c12. The second-order valence-electron chi connectivity index (χ2n) is 5.81. The van der Waals surface area contributed by atoms with E-state index in [-0.39, 0.29) is 0 Å². The molecule has 4 aromatic rings. The Kier molecular flexibility index (Phi) is 4.76. The minimum atomic E-state index is 0.541. The van der Waals surface area contributed by atoms with Gasteiger partial charge in [-0.2, -0.15) is 0 Å². The number of pyridine rings is 1. The molecule has 4 rings (SSSR count). The van der Waals surface area contributed by atoms with Crippen LogP contribution in [0.2, 0.25) is 10.0 Å². The van der Waals surface area contributed by atoms with E-state index in [9.17, 15) is 0 Å². The number of rotatable bonds is 4. The molecule has 26 heavy (non-hydrogen) atoms. The first-order valence-corrected chi connectivity index (χ1v) is 9.60. The fourth-order valence-electron chi connectivity index (χ4n) is 2.66. The van der Waals surface area contributed by atoms with E-state index in [4.69, 9.17) is 28.2 Å². The van der Waals surface area contributed by atoms with Gasteiger partial charge in [0.25, 0.3) is 0 Å². The third kappa shape index (κ3) is 3.38. The lowest BCUT2D eigenvalue weighted by molar-refractivity contribution is 1.10. The smallest absolute Gasteiger partial charge is 0.181 e. The largest absolute Gasteiger partial charge is 0.365 e. The van der Waals surface area contributed by atoms with E-state index in [1.54, 1.807) is 23.6 Å². The van der Waals surface area contributed by atoms with Crippen LogP contribution in [0.4, 0.5) is 5.82 Å². The van der Waals surface area contributed by atoms with Crippen LogP contribution in [0.5, 0.6) is 0 Å². The second kappa shape index (κ2) is 7.19. The van der Waals surface area contributed by atoms with Crippen LogP contribution in [0.25, 0.3) is 21.7 Å². The van der Waals surface area contributed by atoms with Gasteiger partial charge in [-0.25, -0.2) is 9.97 Å². The number of nitrogens with one attached hydrogen (secondary N) is 1. The minimum Gasteiger partial charge on any atom is -0.365 e. The minimum absolute atomic E-state index is 0.541. The molecule has 0 aliphatic heterocycles. The molecule has 0 aliphatic carbocycles. The first kappa shape index (κ1) is 17.2. The first-order chi connectivity index (χ1) is 12.6. The summed E-state index contributed by atoms with van der Waals surface area (Å²) >= 11 is 13.7. The highest BCUT2D eigenvalue weighted by Crippen LogP contribution is 2.32. The molecule has 7 heteroatoms. The summed E-state index contributed by atoms with van der Waals surface area (Å²) in [6.45, 7) is 2.65. The van der Waals surface area contributed by atoms with Crippen LogP contribution in [-0.2, 0) is 6.54 Å². The van der Waals surface area contributed by atoms with Crippen molar-refractivity contribution in [2.75, 3.05) is 5.32 Å². The van der Waals surface area contributed by atoms with Gasteiger partial charge in [-0.3, -0.25) is 4.98 Å². The van der Waals surface area contributed by atoms with Crippen LogP contribution in [0.3, 0.4) is 0 Å². The molecule has 0 atom stereocenters. The van der Waals surface area contributed by atoms with Gasteiger partial charge in [0.05, 0.1) is 15.4 Å². The summed E-state index contributed by atoms with van der Waals surface area (Å²) in [5.41, 5.74) is 2.92. The van der Waals surface area contributed by atoms with E-state index in [0.29, 0.717) is 22.4 Å². The number of aromatic nitrogens is 3. The summed E-state index contributed by atoms with van der Waals surface area (Å²) in [6.07, 6.45) is 1.74. The van der Waals surface area contributed by atoms with Gasteiger partial charge in [-0.05, 0) is 47.7 Å². The molecule has 3 heterocycles. The Morgan fingerprint density at radius 1 is 1.08 bits per heavy atom. The molecular weight excluding hydrogens is 387 g/mol. The predicted octanol–water partition coefficient (Wildman–Crippen LogP) is 5.98. The van der Waals surface area contributed by atoms with Gasteiger partial charge >= 0.3 is 0 Å². The highest BCUT2D eigenvalue weighted by molar-refractivity contribution is 7.17. The second-order valence-corrected chi connectivity index (χ2v) is 7.48.